The second-order valence-corrected chi connectivity index (χ2v) is 5.01. The van der Waals surface area contributed by atoms with Crippen LogP contribution < -0.4 is 10.6 Å². The van der Waals surface area contributed by atoms with Crippen LogP contribution in [0.25, 0.3) is 0 Å². The number of fused-ring (bicyclic) bond motifs is 2. The Morgan fingerprint density at radius 2 is 1.86 bits per heavy atom. The van der Waals surface area contributed by atoms with E-state index in [-0.39, 0.29) is 6.10 Å². The van der Waals surface area contributed by atoms with E-state index >= 15 is 0 Å². The fourth-order valence-electron chi connectivity index (χ4n) is 2.89. The lowest BCUT2D eigenvalue weighted by atomic mass is 10.0. The highest BCUT2D eigenvalue weighted by Crippen LogP contribution is 2.41. The third-order valence-electron chi connectivity index (χ3n) is 3.75. The standard InChI is InChI=1S/C17H18N2O2/c1-2-21-16-11-12-7-3-5-9-14(12)19(17(18)20)15-10-6-4-8-13(15)16/h3-10,16H,2,11H2,1H3,(H2,18,20)/t16-/m1/s1. The molecular weight excluding hydrogens is 264 g/mol. The first-order chi connectivity index (χ1) is 10.2. The van der Waals surface area contributed by atoms with E-state index in [1.165, 1.54) is 0 Å². The van der Waals surface area contributed by atoms with Gasteiger partial charge in [0.2, 0.25) is 0 Å². The summed E-state index contributed by atoms with van der Waals surface area (Å²) >= 11 is 0. The van der Waals surface area contributed by atoms with Crippen molar-refractivity contribution in [3.05, 3.63) is 59.7 Å². The summed E-state index contributed by atoms with van der Waals surface area (Å²) < 4.78 is 5.90. The van der Waals surface area contributed by atoms with Gasteiger partial charge in [-0.2, -0.15) is 0 Å². The molecule has 0 saturated heterocycles. The van der Waals surface area contributed by atoms with E-state index in [0.717, 1.165) is 28.9 Å². The van der Waals surface area contributed by atoms with Gasteiger partial charge in [-0.25, -0.2) is 4.79 Å². The Morgan fingerprint density at radius 1 is 1.19 bits per heavy atom. The van der Waals surface area contributed by atoms with Gasteiger partial charge in [-0.3, -0.25) is 4.90 Å². The number of carbonyl (C=O) groups is 1. The maximum Gasteiger partial charge on any atom is 0.323 e. The molecule has 1 atom stereocenters. The van der Waals surface area contributed by atoms with Crippen molar-refractivity contribution >= 4 is 17.4 Å². The van der Waals surface area contributed by atoms with E-state index in [2.05, 4.69) is 0 Å². The van der Waals surface area contributed by atoms with Crippen molar-refractivity contribution in [3.8, 4) is 0 Å². The van der Waals surface area contributed by atoms with Gasteiger partial charge in [0.15, 0.2) is 0 Å². The van der Waals surface area contributed by atoms with Crippen molar-refractivity contribution in [2.75, 3.05) is 11.5 Å². The van der Waals surface area contributed by atoms with Gasteiger partial charge in [-0.05, 0) is 24.6 Å². The van der Waals surface area contributed by atoms with E-state index < -0.39 is 6.03 Å². The van der Waals surface area contributed by atoms with Crippen LogP contribution in [0.5, 0.6) is 0 Å². The topological polar surface area (TPSA) is 55.6 Å². The highest BCUT2D eigenvalue weighted by Gasteiger charge is 2.29. The van der Waals surface area contributed by atoms with Gasteiger partial charge < -0.3 is 10.5 Å². The van der Waals surface area contributed by atoms with Crippen LogP contribution >= 0.6 is 0 Å². The molecule has 0 radical (unpaired) electrons. The van der Waals surface area contributed by atoms with Gasteiger partial charge in [0.1, 0.15) is 0 Å². The first-order valence-electron chi connectivity index (χ1n) is 7.10. The number of carbonyl (C=O) groups excluding carboxylic acids is 1. The first kappa shape index (κ1) is 13.6. The Balaban J connectivity index is 2.23. The second kappa shape index (κ2) is 5.58. The Hall–Kier alpha value is -2.33. The minimum atomic E-state index is -0.480. The Kier molecular flexibility index (Phi) is 3.62. The van der Waals surface area contributed by atoms with Gasteiger partial charge in [-0.1, -0.05) is 36.4 Å². The van der Waals surface area contributed by atoms with Crippen LogP contribution in [0.4, 0.5) is 16.2 Å². The highest BCUT2D eigenvalue weighted by molar-refractivity contribution is 6.00. The van der Waals surface area contributed by atoms with Gasteiger partial charge in [0.25, 0.3) is 0 Å². The average Bonchev–Trinajstić information content (AvgIpc) is 2.62. The van der Waals surface area contributed by atoms with Gasteiger partial charge >= 0.3 is 6.03 Å². The van der Waals surface area contributed by atoms with Crippen LogP contribution in [0, 0.1) is 0 Å². The predicted molar refractivity (Wildman–Crippen MR) is 82.7 cm³/mol. The van der Waals surface area contributed by atoms with Crippen molar-refractivity contribution in [3.63, 3.8) is 0 Å². The number of urea groups is 1. The van der Waals surface area contributed by atoms with Gasteiger partial charge in [0, 0.05) is 18.6 Å². The number of ether oxygens (including phenoxy) is 1. The fourth-order valence-corrected chi connectivity index (χ4v) is 2.89. The molecule has 0 bridgehead atoms. The summed E-state index contributed by atoms with van der Waals surface area (Å²) in [6.45, 7) is 2.60. The molecule has 2 aromatic carbocycles. The molecule has 108 valence electrons. The number of anilines is 2. The third kappa shape index (κ3) is 2.38. The number of nitrogens with two attached hydrogens (primary N) is 1. The van der Waals surface area contributed by atoms with Crippen LogP contribution in [0.15, 0.2) is 48.5 Å². The summed E-state index contributed by atoms with van der Waals surface area (Å²) in [4.78, 5) is 13.6. The van der Waals surface area contributed by atoms with Crippen LogP contribution in [-0.2, 0) is 11.2 Å². The quantitative estimate of drug-likeness (QED) is 0.916. The Bertz CT molecular complexity index is 669. The van der Waals surface area contributed by atoms with Crippen molar-refractivity contribution in [1.82, 2.24) is 0 Å². The van der Waals surface area contributed by atoms with Crippen molar-refractivity contribution in [2.24, 2.45) is 5.73 Å². The lowest BCUT2D eigenvalue weighted by Gasteiger charge is -2.23. The predicted octanol–water partition coefficient (Wildman–Crippen LogP) is 3.54. The maximum absolute atomic E-state index is 12.0. The average molecular weight is 282 g/mol. The molecule has 1 heterocycles. The van der Waals surface area contributed by atoms with Gasteiger partial charge in [0.05, 0.1) is 17.5 Å². The molecule has 3 rings (SSSR count). The van der Waals surface area contributed by atoms with E-state index in [9.17, 15) is 4.79 Å². The van der Waals surface area contributed by atoms with Crippen molar-refractivity contribution in [1.29, 1.82) is 0 Å². The fraction of sp³-hybridized carbons (Fsp3) is 0.235. The molecule has 2 aromatic rings. The highest BCUT2D eigenvalue weighted by atomic mass is 16.5. The summed E-state index contributed by atoms with van der Waals surface area (Å²) in [6, 6.07) is 15.1. The zero-order chi connectivity index (χ0) is 14.8. The monoisotopic (exact) mass is 282 g/mol. The number of nitrogens with zero attached hydrogens (tertiary/aromatic N) is 1. The number of para-hydroxylation sites is 2. The minimum absolute atomic E-state index is 0.0725. The van der Waals surface area contributed by atoms with E-state index in [1.54, 1.807) is 4.90 Å². The number of amides is 2. The maximum atomic E-state index is 12.0. The van der Waals surface area contributed by atoms with Crippen LogP contribution in [0.1, 0.15) is 24.2 Å². The van der Waals surface area contributed by atoms with Gasteiger partial charge in [-0.15, -0.1) is 0 Å². The summed E-state index contributed by atoms with van der Waals surface area (Å²) in [6.07, 6.45) is 0.654. The molecule has 4 nitrogen and oxygen atoms in total. The summed E-state index contributed by atoms with van der Waals surface area (Å²) in [5, 5.41) is 0. The molecule has 1 aliphatic rings. The lowest BCUT2D eigenvalue weighted by molar-refractivity contribution is 0.0638. The largest absolute Gasteiger partial charge is 0.373 e. The van der Waals surface area contributed by atoms with Crippen LogP contribution in [0.3, 0.4) is 0 Å². The third-order valence-corrected chi connectivity index (χ3v) is 3.75. The molecule has 4 heteroatoms. The number of benzene rings is 2. The van der Waals surface area contributed by atoms with Crippen molar-refractivity contribution in [2.45, 2.75) is 19.4 Å². The Labute approximate surface area is 124 Å². The molecule has 0 aromatic heterocycles. The van der Waals surface area contributed by atoms with E-state index in [1.807, 2.05) is 55.5 Å². The smallest absolute Gasteiger partial charge is 0.323 e. The van der Waals surface area contributed by atoms with E-state index in [4.69, 9.17) is 10.5 Å². The summed E-state index contributed by atoms with van der Waals surface area (Å²) in [5.74, 6) is 0. The molecule has 2 N–H and O–H groups in total. The molecule has 0 aliphatic carbocycles. The molecule has 21 heavy (non-hydrogen) atoms. The van der Waals surface area contributed by atoms with E-state index in [0.29, 0.717) is 6.61 Å². The zero-order valence-electron chi connectivity index (χ0n) is 12.0. The number of rotatable bonds is 2. The normalized spacial score (nSPS) is 16.8. The van der Waals surface area contributed by atoms with Crippen LogP contribution in [-0.4, -0.2) is 12.6 Å². The summed E-state index contributed by atoms with van der Waals surface area (Å²) in [7, 11) is 0. The molecule has 1 aliphatic heterocycles. The summed E-state index contributed by atoms with van der Waals surface area (Å²) in [5.41, 5.74) is 9.32. The molecule has 2 amide bonds. The minimum Gasteiger partial charge on any atom is -0.373 e. The van der Waals surface area contributed by atoms with Crippen molar-refractivity contribution < 1.29 is 9.53 Å². The number of hydrogen-bond donors (Lipinski definition) is 1. The molecule has 0 fully saturated rings. The number of primary amides is 1. The number of hydrogen-bond acceptors (Lipinski definition) is 2. The Morgan fingerprint density at radius 3 is 2.57 bits per heavy atom. The molecule has 0 saturated carbocycles. The van der Waals surface area contributed by atoms with Crippen LogP contribution in [0.2, 0.25) is 0 Å². The zero-order valence-corrected chi connectivity index (χ0v) is 12.0. The second-order valence-electron chi connectivity index (χ2n) is 5.01. The lowest BCUT2D eigenvalue weighted by Crippen LogP contribution is -2.32. The molecule has 0 spiro atoms. The SMILES string of the molecule is CCO[C@@H]1Cc2ccccc2N(C(N)=O)c2ccccc21. The molecule has 0 unspecified atom stereocenters. The molecular formula is C17H18N2O2. The first-order valence-corrected chi connectivity index (χ1v) is 7.10.